The molecule has 0 saturated heterocycles. The minimum absolute atomic E-state index is 0.205. The molecule has 1 aromatic heterocycles. The van der Waals surface area contributed by atoms with E-state index in [-0.39, 0.29) is 6.04 Å². The number of benzene rings is 1. The van der Waals surface area contributed by atoms with Crippen LogP contribution in [0.3, 0.4) is 0 Å². The smallest absolute Gasteiger partial charge is 0.0646 e. The molecule has 0 amide bonds. The van der Waals surface area contributed by atoms with Gasteiger partial charge in [0.25, 0.3) is 0 Å². The van der Waals surface area contributed by atoms with Gasteiger partial charge in [0, 0.05) is 37.4 Å². The number of hydrogen-bond acceptors (Lipinski definition) is 3. The van der Waals surface area contributed by atoms with Crippen LogP contribution in [0.1, 0.15) is 24.2 Å². The summed E-state index contributed by atoms with van der Waals surface area (Å²) in [6, 6.07) is 6.48. The lowest BCUT2D eigenvalue weighted by Crippen LogP contribution is -2.14. The van der Waals surface area contributed by atoms with Gasteiger partial charge in [-0.05, 0) is 32.0 Å². The Balaban J connectivity index is 2.29. The molecule has 20 heavy (non-hydrogen) atoms. The Morgan fingerprint density at radius 3 is 2.60 bits per heavy atom. The van der Waals surface area contributed by atoms with E-state index in [0.717, 1.165) is 15.9 Å². The molecule has 5 heteroatoms. The summed E-state index contributed by atoms with van der Waals surface area (Å²) in [6.45, 7) is 4.20. The molecule has 0 aliphatic rings. The fourth-order valence-corrected chi connectivity index (χ4v) is 2.73. The number of aryl methyl sites for hydroxylation is 2. The predicted molar refractivity (Wildman–Crippen MR) is 88.5 cm³/mol. The lowest BCUT2D eigenvalue weighted by molar-refractivity contribution is 0.756. The molecular weight excluding hydrogens is 316 g/mol. The van der Waals surface area contributed by atoms with E-state index >= 15 is 0 Å². The van der Waals surface area contributed by atoms with Crippen molar-refractivity contribution in [1.29, 1.82) is 0 Å². The van der Waals surface area contributed by atoms with Crippen molar-refractivity contribution in [1.82, 2.24) is 9.78 Å². The molecule has 1 aromatic carbocycles. The van der Waals surface area contributed by atoms with Crippen LogP contribution in [0.15, 0.2) is 28.9 Å². The summed E-state index contributed by atoms with van der Waals surface area (Å²) in [5, 5.41) is 7.98. The molecular formula is C15H21BrN4. The third-order valence-corrected chi connectivity index (χ3v) is 3.82. The van der Waals surface area contributed by atoms with Gasteiger partial charge in [0.05, 0.1) is 23.1 Å². The molecule has 0 bridgehead atoms. The summed E-state index contributed by atoms with van der Waals surface area (Å²) < 4.78 is 2.93. The summed E-state index contributed by atoms with van der Waals surface area (Å²) in [4.78, 5) is 2.11. The van der Waals surface area contributed by atoms with Gasteiger partial charge in [-0.25, -0.2) is 0 Å². The standard InChI is InChI=1S/C15H21BrN4/c1-10(13-9-20(5)18-11(13)2)17-14-8-12(16)6-7-15(14)19(3)4/h6-10,17H,1-5H3. The highest BCUT2D eigenvalue weighted by molar-refractivity contribution is 9.10. The molecule has 1 atom stereocenters. The maximum atomic E-state index is 4.41. The summed E-state index contributed by atoms with van der Waals surface area (Å²) in [7, 11) is 6.05. The molecule has 108 valence electrons. The third-order valence-electron chi connectivity index (χ3n) is 3.33. The van der Waals surface area contributed by atoms with Crippen molar-refractivity contribution < 1.29 is 0 Å². The molecule has 0 saturated carbocycles. The Morgan fingerprint density at radius 1 is 1.35 bits per heavy atom. The maximum Gasteiger partial charge on any atom is 0.0646 e. The van der Waals surface area contributed by atoms with Crippen LogP contribution in [0.25, 0.3) is 0 Å². The molecule has 0 spiro atoms. The summed E-state index contributed by atoms with van der Waals surface area (Å²) in [5.74, 6) is 0. The lowest BCUT2D eigenvalue weighted by Gasteiger charge is -2.22. The SMILES string of the molecule is Cc1nn(C)cc1C(C)Nc1cc(Br)ccc1N(C)C. The highest BCUT2D eigenvalue weighted by Gasteiger charge is 2.14. The topological polar surface area (TPSA) is 33.1 Å². The van der Waals surface area contributed by atoms with Crippen molar-refractivity contribution in [2.45, 2.75) is 19.9 Å². The average molecular weight is 337 g/mol. The predicted octanol–water partition coefficient (Wildman–Crippen LogP) is 3.73. The zero-order valence-electron chi connectivity index (χ0n) is 12.6. The highest BCUT2D eigenvalue weighted by atomic mass is 79.9. The van der Waals surface area contributed by atoms with Crippen LogP contribution in [0.2, 0.25) is 0 Å². The fourth-order valence-electron chi connectivity index (χ4n) is 2.37. The number of nitrogens with one attached hydrogen (secondary N) is 1. The number of nitrogens with zero attached hydrogens (tertiary/aromatic N) is 3. The largest absolute Gasteiger partial charge is 0.377 e. The monoisotopic (exact) mass is 336 g/mol. The minimum Gasteiger partial charge on any atom is -0.377 e. The molecule has 1 N–H and O–H groups in total. The molecule has 2 rings (SSSR count). The Morgan fingerprint density at radius 2 is 2.05 bits per heavy atom. The minimum atomic E-state index is 0.205. The van der Waals surface area contributed by atoms with E-state index in [1.54, 1.807) is 0 Å². The van der Waals surface area contributed by atoms with E-state index in [4.69, 9.17) is 0 Å². The van der Waals surface area contributed by atoms with Crippen LogP contribution >= 0.6 is 15.9 Å². The van der Waals surface area contributed by atoms with Gasteiger partial charge in [0.2, 0.25) is 0 Å². The molecule has 0 aliphatic heterocycles. The molecule has 1 unspecified atom stereocenters. The first-order valence-corrected chi connectivity index (χ1v) is 7.41. The van der Waals surface area contributed by atoms with Gasteiger partial charge in [-0.3, -0.25) is 4.68 Å². The van der Waals surface area contributed by atoms with Crippen LogP contribution in [-0.2, 0) is 7.05 Å². The Kier molecular flexibility index (Phi) is 4.38. The second-order valence-corrected chi connectivity index (χ2v) is 6.18. The van der Waals surface area contributed by atoms with E-state index in [2.05, 4.69) is 76.7 Å². The van der Waals surface area contributed by atoms with Crippen LogP contribution in [0.5, 0.6) is 0 Å². The van der Waals surface area contributed by atoms with Gasteiger partial charge in [-0.2, -0.15) is 5.10 Å². The lowest BCUT2D eigenvalue weighted by atomic mass is 10.1. The average Bonchev–Trinajstić information content (AvgIpc) is 2.68. The van der Waals surface area contributed by atoms with Gasteiger partial charge in [-0.15, -0.1) is 0 Å². The normalized spacial score (nSPS) is 12.3. The van der Waals surface area contributed by atoms with Gasteiger partial charge >= 0.3 is 0 Å². The first-order chi connectivity index (χ1) is 9.38. The van der Waals surface area contributed by atoms with E-state index in [1.807, 2.05) is 18.7 Å². The molecule has 1 heterocycles. The van der Waals surface area contributed by atoms with Crippen LogP contribution in [-0.4, -0.2) is 23.9 Å². The van der Waals surface area contributed by atoms with E-state index in [9.17, 15) is 0 Å². The quantitative estimate of drug-likeness (QED) is 0.923. The van der Waals surface area contributed by atoms with Crippen molar-refractivity contribution in [3.05, 3.63) is 40.1 Å². The second kappa shape index (κ2) is 5.87. The third kappa shape index (κ3) is 3.15. The first-order valence-electron chi connectivity index (χ1n) is 6.62. The fraction of sp³-hybridized carbons (Fsp3) is 0.400. The van der Waals surface area contributed by atoms with Gasteiger partial charge in [0.15, 0.2) is 0 Å². The Labute approximate surface area is 128 Å². The Hall–Kier alpha value is -1.49. The van der Waals surface area contributed by atoms with E-state index < -0.39 is 0 Å². The highest BCUT2D eigenvalue weighted by Crippen LogP contribution is 2.31. The van der Waals surface area contributed by atoms with Crippen molar-refractivity contribution in [2.24, 2.45) is 7.05 Å². The summed E-state index contributed by atoms with van der Waals surface area (Å²) >= 11 is 3.54. The van der Waals surface area contributed by atoms with Gasteiger partial charge < -0.3 is 10.2 Å². The number of halogens is 1. The second-order valence-electron chi connectivity index (χ2n) is 5.27. The van der Waals surface area contributed by atoms with Gasteiger partial charge in [0.1, 0.15) is 0 Å². The molecule has 0 aliphatic carbocycles. The van der Waals surface area contributed by atoms with E-state index in [0.29, 0.717) is 0 Å². The van der Waals surface area contributed by atoms with Crippen molar-refractivity contribution >= 4 is 27.3 Å². The zero-order valence-corrected chi connectivity index (χ0v) is 14.2. The molecule has 0 radical (unpaired) electrons. The summed E-state index contributed by atoms with van der Waals surface area (Å²) in [5.41, 5.74) is 4.56. The van der Waals surface area contributed by atoms with Crippen molar-refractivity contribution in [2.75, 3.05) is 24.3 Å². The molecule has 4 nitrogen and oxygen atoms in total. The molecule has 0 fully saturated rings. The first kappa shape index (κ1) is 14.9. The number of rotatable bonds is 4. The number of anilines is 2. The van der Waals surface area contributed by atoms with Crippen molar-refractivity contribution in [3.63, 3.8) is 0 Å². The number of aromatic nitrogens is 2. The Bertz CT molecular complexity index is 604. The van der Waals surface area contributed by atoms with Crippen LogP contribution < -0.4 is 10.2 Å². The van der Waals surface area contributed by atoms with Gasteiger partial charge in [-0.1, -0.05) is 15.9 Å². The van der Waals surface area contributed by atoms with E-state index in [1.165, 1.54) is 11.3 Å². The zero-order chi connectivity index (χ0) is 14.9. The maximum absolute atomic E-state index is 4.41. The van der Waals surface area contributed by atoms with Crippen LogP contribution in [0, 0.1) is 6.92 Å². The summed E-state index contributed by atoms with van der Waals surface area (Å²) in [6.07, 6.45) is 2.07. The number of hydrogen-bond donors (Lipinski definition) is 1. The van der Waals surface area contributed by atoms with Crippen LogP contribution in [0.4, 0.5) is 11.4 Å². The molecule has 2 aromatic rings. The van der Waals surface area contributed by atoms with Crippen molar-refractivity contribution in [3.8, 4) is 0 Å².